The van der Waals surface area contributed by atoms with Crippen molar-refractivity contribution in [2.24, 2.45) is 0 Å². The van der Waals surface area contributed by atoms with Gasteiger partial charge in [-0.05, 0) is 53.9 Å². The lowest BCUT2D eigenvalue weighted by atomic mass is 10.1. The molecule has 0 saturated carbocycles. The van der Waals surface area contributed by atoms with Crippen LogP contribution in [-0.4, -0.2) is 41.9 Å². The van der Waals surface area contributed by atoms with E-state index in [1.165, 1.54) is 11.1 Å². The number of benzene rings is 3. The highest BCUT2D eigenvalue weighted by molar-refractivity contribution is 9.10. The fraction of sp³-hybridized carbons (Fsp3) is 0.269. The summed E-state index contributed by atoms with van der Waals surface area (Å²) in [6.45, 7) is 6.76. The number of ether oxygens (including phenoxy) is 1. The smallest absolute Gasteiger partial charge is 0.253 e. The molecule has 0 N–H and O–H groups in total. The van der Waals surface area contributed by atoms with Crippen LogP contribution in [0.15, 0.2) is 71.2 Å². The number of rotatable bonds is 6. The van der Waals surface area contributed by atoms with Gasteiger partial charge in [0.1, 0.15) is 12.4 Å². The number of aryl methyl sites for hydroxylation is 1. The van der Waals surface area contributed by atoms with Crippen molar-refractivity contribution in [2.45, 2.75) is 20.1 Å². The molecule has 0 aromatic heterocycles. The van der Waals surface area contributed by atoms with Crippen molar-refractivity contribution >= 4 is 33.4 Å². The number of halogens is 2. The Morgan fingerprint density at radius 2 is 1.72 bits per heavy atom. The summed E-state index contributed by atoms with van der Waals surface area (Å²) >= 11 is 9.59. The lowest BCUT2D eigenvalue weighted by Gasteiger charge is -2.35. The van der Waals surface area contributed by atoms with E-state index in [0.29, 0.717) is 22.9 Å². The number of carbonyl (C=O) groups excluding carboxylic acids is 1. The Morgan fingerprint density at radius 1 is 1.00 bits per heavy atom. The van der Waals surface area contributed by atoms with Crippen LogP contribution >= 0.6 is 27.5 Å². The standard InChI is InChI=1S/C26H26BrClN2O2/c1-19-4-2-3-5-22(19)17-29-12-14-30(15-13-29)26(31)21-8-6-20(7-9-21)18-32-25-11-10-23(27)16-24(25)28/h2-11,16H,12-15,17-18H2,1H3. The first kappa shape index (κ1) is 22.8. The van der Waals surface area contributed by atoms with Crippen LogP contribution in [0, 0.1) is 6.92 Å². The molecule has 4 rings (SSSR count). The van der Waals surface area contributed by atoms with Crippen LogP contribution in [-0.2, 0) is 13.2 Å². The van der Waals surface area contributed by atoms with Crippen molar-refractivity contribution in [1.29, 1.82) is 0 Å². The maximum Gasteiger partial charge on any atom is 0.253 e. The molecule has 1 heterocycles. The highest BCUT2D eigenvalue weighted by Gasteiger charge is 2.22. The molecular formula is C26H26BrClN2O2. The summed E-state index contributed by atoms with van der Waals surface area (Å²) in [7, 11) is 0. The van der Waals surface area contributed by atoms with Gasteiger partial charge in [0.2, 0.25) is 0 Å². The van der Waals surface area contributed by atoms with Gasteiger partial charge in [-0.15, -0.1) is 0 Å². The number of hydrogen-bond donors (Lipinski definition) is 0. The zero-order valence-electron chi connectivity index (χ0n) is 18.1. The number of amides is 1. The molecular weight excluding hydrogens is 488 g/mol. The van der Waals surface area contributed by atoms with E-state index < -0.39 is 0 Å². The molecule has 1 fully saturated rings. The average molecular weight is 514 g/mol. The average Bonchev–Trinajstić information content (AvgIpc) is 2.80. The SMILES string of the molecule is Cc1ccccc1CN1CCN(C(=O)c2ccc(COc3ccc(Br)cc3Cl)cc2)CC1. The quantitative estimate of drug-likeness (QED) is 0.408. The summed E-state index contributed by atoms with van der Waals surface area (Å²) < 4.78 is 6.72. The van der Waals surface area contributed by atoms with Gasteiger partial charge < -0.3 is 9.64 Å². The van der Waals surface area contributed by atoms with Crippen LogP contribution in [0.3, 0.4) is 0 Å². The van der Waals surface area contributed by atoms with Crippen molar-refractivity contribution in [3.8, 4) is 5.75 Å². The van der Waals surface area contributed by atoms with Crippen LogP contribution in [0.5, 0.6) is 5.75 Å². The van der Waals surface area contributed by atoms with Crippen molar-refractivity contribution in [3.05, 3.63) is 98.5 Å². The van der Waals surface area contributed by atoms with Gasteiger partial charge in [-0.2, -0.15) is 0 Å². The van der Waals surface area contributed by atoms with Crippen molar-refractivity contribution in [2.75, 3.05) is 26.2 Å². The maximum atomic E-state index is 12.9. The molecule has 0 atom stereocenters. The second-order valence-electron chi connectivity index (χ2n) is 8.06. The highest BCUT2D eigenvalue weighted by atomic mass is 79.9. The number of hydrogen-bond acceptors (Lipinski definition) is 3. The Morgan fingerprint density at radius 3 is 2.41 bits per heavy atom. The fourth-order valence-electron chi connectivity index (χ4n) is 3.82. The summed E-state index contributed by atoms with van der Waals surface area (Å²) in [5.74, 6) is 0.725. The number of carbonyl (C=O) groups is 1. The Balaban J connectivity index is 1.29. The number of nitrogens with zero attached hydrogens (tertiary/aromatic N) is 2. The topological polar surface area (TPSA) is 32.8 Å². The molecule has 166 valence electrons. The fourth-order valence-corrected chi connectivity index (χ4v) is 4.54. The van der Waals surface area contributed by atoms with Crippen LogP contribution < -0.4 is 4.74 Å². The third-order valence-electron chi connectivity index (χ3n) is 5.80. The Kier molecular flexibility index (Phi) is 7.51. The largest absolute Gasteiger partial charge is 0.487 e. The first-order valence-corrected chi connectivity index (χ1v) is 11.9. The van der Waals surface area contributed by atoms with Crippen molar-refractivity contribution < 1.29 is 9.53 Å². The number of piperazine rings is 1. The summed E-state index contributed by atoms with van der Waals surface area (Å²) in [6.07, 6.45) is 0. The maximum absolute atomic E-state index is 12.9. The minimum Gasteiger partial charge on any atom is -0.487 e. The minimum atomic E-state index is 0.0870. The van der Waals surface area contributed by atoms with E-state index in [-0.39, 0.29) is 5.91 Å². The molecule has 0 radical (unpaired) electrons. The highest BCUT2D eigenvalue weighted by Crippen LogP contribution is 2.28. The lowest BCUT2D eigenvalue weighted by Crippen LogP contribution is -2.48. The monoisotopic (exact) mass is 512 g/mol. The molecule has 1 amide bonds. The Hall–Kier alpha value is -2.34. The van der Waals surface area contributed by atoms with E-state index in [1.54, 1.807) is 6.07 Å². The normalized spacial score (nSPS) is 14.4. The molecule has 32 heavy (non-hydrogen) atoms. The predicted octanol–water partition coefficient (Wildman–Crippen LogP) is 5.95. The van der Waals surface area contributed by atoms with Crippen LogP contribution in [0.2, 0.25) is 5.02 Å². The van der Waals surface area contributed by atoms with Gasteiger partial charge in [0.15, 0.2) is 0 Å². The van der Waals surface area contributed by atoms with E-state index in [4.69, 9.17) is 16.3 Å². The zero-order valence-corrected chi connectivity index (χ0v) is 20.4. The lowest BCUT2D eigenvalue weighted by molar-refractivity contribution is 0.0628. The molecule has 0 unspecified atom stereocenters. The summed E-state index contributed by atoms with van der Waals surface area (Å²) in [5.41, 5.74) is 4.37. The van der Waals surface area contributed by atoms with E-state index >= 15 is 0 Å². The zero-order chi connectivity index (χ0) is 22.5. The molecule has 6 heteroatoms. The third-order valence-corrected chi connectivity index (χ3v) is 6.59. The molecule has 0 aliphatic carbocycles. The molecule has 1 aliphatic rings. The van der Waals surface area contributed by atoms with Crippen LogP contribution in [0.4, 0.5) is 0 Å². The van der Waals surface area contributed by atoms with Gasteiger partial charge in [-0.3, -0.25) is 9.69 Å². The van der Waals surface area contributed by atoms with Crippen molar-refractivity contribution in [3.63, 3.8) is 0 Å². The van der Waals surface area contributed by atoms with E-state index in [9.17, 15) is 4.79 Å². The van der Waals surface area contributed by atoms with Crippen LogP contribution in [0.25, 0.3) is 0 Å². The molecule has 0 spiro atoms. The molecule has 4 nitrogen and oxygen atoms in total. The minimum absolute atomic E-state index is 0.0870. The predicted molar refractivity (Wildman–Crippen MR) is 132 cm³/mol. The third kappa shape index (κ3) is 5.71. The molecule has 3 aromatic carbocycles. The van der Waals surface area contributed by atoms with E-state index in [0.717, 1.165) is 42.8 Å². The van der Waals surface area contributed by atoms with Gasteiger partial charge in [0.25, 0.3) is 5.91 Å². The Labute approximate surface area is 202 Å². The molecule has 3 aromatic rings. The molecule has 0 bridgehead atoms. The Bertz CT molecular complexity index is 1080. The van der Waals surface area contributed by atoms with Gasteiger partial charge in [-0.25, -0.2) is 0 Å². The van der Waals surface area contributed by atoms with Gasteiger partial charge in [-0.1, -0.05) is 63.9 Å². The van der Waals surface area contributed by atoms with Crippen molar-refractivity contribution in [1.82, 2.24) is 9.80 Å². The van der Waals surface area contributed by atoms with E-state index in [2.05, 4.69) is 52.0 Å². The summed E-state index contributed by atoms with van der Waals surface area (Å²) in [4.78, 5) is 17.3. The van der Waals surface area contributed by atoms with Gasteiger partial charge >= 0.3 is 0 Å². The second kappa shape index (κ2) is 10.5. The van der Waals surface area contributed by atoms with Crippen LogP contribution in [0.1, 0.15) is 27.0 Å². The molecule has 1 aliphatic heterocycles. The van der Waals surface area contributed by atoms with E-state index in [1.807, 2.05) is 41.3 Å². The van der Waals surface area contributed by atoms with Gasteiger partial charge in [0, 0.05) is 42.8 Å². The second-order valence-corrected chi connectivity index (χ2v) is 9.38. The first-order valence-electron chi connectivity index (χ1n) is 10.7. The summed E-state index contributed by atoms with van der Waals surface area (Å²) in [5, 5.41) is 0.563. The summed E-state index contributed by atoms with van der Waals surface area (Å²) in [6, 6.07) is 21.7. The first-order chi connectivity index (χ1) is 15.5. The van der Waals surface area contributed by atoms with Gasteiger partial charge in [0.05, 0.1) is 5.02 Å². The molecule has 1 saturated heterocycles.